The molecule has 0 bridgehead atoms. The first-order valence-corrected chi connectivity index (χ1v) is 12.5. The first-order valence-electron chi connectivity index (χ1n) is 12.5. The van der Waals surface area contributed by atoms with E-state index >= 15 is 0 Å². The normalized spacial score (nSPS) is 11.4. The summed E-state index contributed by atoms with van der Waals surface area (Å²) in [6.45, 7) is 0.447. The van der Waals surface area contributed by atoms with Gasteiger partial charge in [-0.2, -0.15) is 0 Å². The zero-order chi connectivity index (χ0) is 25.5. The second-order valence-corrected chi connectivity index (χ2v) is 9.25. The molecule has 3 aromatic heterocycles. The van der Waals surface area contributed by atoms with Gasteiger partial charge in [0.2, 0.25) is 0 Å². The van der Waals surface area contributed by atoms with Crippen LogP contribution in [0, 0.1) is 0 Å². The fourth-order valence-corrected chi connectivity index (χ4v) is 5.13. The van der Waals surface area contributed by atoms with E-state index in [4.69, 9.17) is 10.7 Å². The lowest BCUT2D eigenvalue weighted by Crippen LogP contribution is -2.02. The predicted molar refractivity (Wildman–Crippen MR) is 155 cm³/mol. The molecule has 0 radical (unpaired) electrons. The van der Waals surface area contributed by atoms with Crippen LogP contribution in [0.1, 0.15) is 5.56 Å². The molecular weight excluding hydrogens is 468 g/mol. The van der Waals surface area contributed by atoms with Crippen molar-refractivity contribution in [2.75, 3.05) is 5.32 Å². The van der Waals surface area contributed by atoms with Gasteiger partial charge in [-0.25, -0.2) is 9.97 Å². The molecule has 3 heterocycles. The maximum absolute atomic E-state index is 6.18. The smallest absolute Gasteiger partial charge is 0.163 e. The molecule has 0 fully saturated rings. The fourth-order valence-electron chi connectivity index (χ4n) is 5.13. The average Bonchev–Trinajstić information content (AvgIpc) is 3.30. The number of para-hydroxylation sites is 2. The minimum atomic E-state index is 0.447. The Morgan fingerprint density at radius 2 is 1.58 bits per heavy atom. The van der Waals surface area contributed by atoms with Crippen LogP contribution < -0.4 is 11.1 Å². The Morgan fingerprint density at radius 3 is 2.42 bits per heavy atom. The molecule has 0 aliphatic carbocycles. The first kappa shape index (κ1) is 22.2. The van der Waals surface area contributed by atoms with Crippen LogP contribution in [0.4, 0.5) is 11.4 Å². The largest absolute Gasteiger partial charge is 0.355 e. The van der Waals surface area contributed by atoms with Crippen LogP contribution in [0.3, 0.4) is 0 Å². The van der Waals surface area contributed by atoms with Gasteiger partial charge in [0.25, 0.3) is 0 Å². The molecule has 0 aliphatic rings. The van der Waals surface area contributed by atoms with Crippen LogP contribution in [-0.4, -0.2) is 19.5 Å². The van der Waals surface area contributed by atoms with Crippen LogP contribution in [0.25, 0.3) is 49.8 Å². The molecule has 182 valence electrons. The molecule has 0 saturated heterocycles. The molecule has 3 N–H and O–H groups in total. The van der Waals surface area contributed by atoms with E-state index in [1.807, 2.05) is 42.6 Å². The van der Waals surface area contributed by atoms with Gasteiger partial charge in [0.1, 0.15) is 5.82 Å². The number of pyridine rings is 1. The maximum atomic E-state index is 6.18. The van der Waals surface area contributed by atoms with E-state index in [-0.39, 0.29) is 0 Å². The number of anilines is 2. The highest BCUT2D eigenvalue weighted by Crippen LogP contribution is 2.36. The molecule has 0 saturated carbocycles. The summed E-state index contributed by atoms with van der Waals surface area (Å²) < 4.78 is 2.22. The molecule has 0 spiro atoms. The van der Waals surface area contributed by atoms with E-state index in [1.165, 1.54) is 10.8 Å². The molecule has 0 unspecified atom stereocenters. The lowest BCUT2D eigenvalue weighted by molar-refractivity contribution is 1.04. The van der Waals surface area contributed by atoms with Crippen molar-refractivity contribution in [2.24, 2.45) is 5.73 Å². The zero-order valence-corrected chi connectivity index (χ0v) is 20.5. The minimum absolute atomic E-state index is 0.447. The number of nitrogens with two attached hydrogens (primary N) is 1. The third-order valence-corrected chi connectivity index (χ3v) is 6.92. The number of aromatic nitrogens is 4. The van der Waals surface area contributed by atoms with Gasteiger partial charge in [-0.15, -0.1) is 0 Å². The van der Waals surface area contributed by atoms with Gasteiger partial charge in [0.05, 0.1) is 11.0 Å². The molecule has 6 nitrogen and oxygen atoms in total. The van der Waals surface area contributed by atoms with Crippen molar-refractivity contribution in [3.63, 3.8) is 0 Å². The topological polar surface area (TPSA) is 81.7 Å². The number of hydrogen-bond donors (Lipinski definition) is 2. The number of fused-ring (bicyclic) bond motifs is 4. The molecule has 0 atom stereocenters. The number of nitrogens with zero attached hydrogens (tertiary/aromatic N) is 4. The molecule has 6 heteroatoms. The lowest BCUT2D eigenvalue weighted by Gasteiger charge is -2.14. The van der Waals surface area contributed by atoms with E-state index in [2.05, 4.69) is 80.5 Å². The van der Waals surface area contributed by atoms with E-state index in [0.29, 0.717) is 12.4 Å². The molecule has 7 aromatic rings. The van der Waals surface area contributed by atoms with Crippen molar-refractivity contribution in [3.8, 4) is 17.2 Å². The van der Waals surface area contributed by atoms with Crippen LogP contribution in [-0.2, 0) is 6.54 Å². The van der Waals surface area contributed by atoms with Crippen molar-refractivity contribution in [1.82, 2.24) is 19.5 Å². The molecule has 4 aromatic carbocycles. The van der Waals surface area contributed by atoms with Gasteiger partial charge in [0, 0.05) is 52.8 Å². The van der Waals surface area contributed by atoms with E-state index in [9.17, 15) is 0 Å². The minimum Gasteiger partial charge on any atom is -0.355 e. The standard InChI is InChI=1S/C32H24N6/c33-19-24-15-22-16-27-26-10-4-5-11-29(26)38(31-12-14-35-32(37-31)21-7-6-13-34-20-21)30(27)18-23(22)17-28(24)36-25-8-2-1-3-9-25/h1-18,20,36H,19,33H2. The monoisotopic (exact) mass is 492 g/mol. The SMILES string of the molecule is NCc1cc2cc3c4ccccc4n(-c4ccnc(-c5cccnc5)n4)c3cc2cc1Nc1ccccc1. The molecule has 0 amide bonds. The van der Waals surface area contributed by atoms with Crippen molar-refractivity contribution < 1.29 is 0 Å². The number of rotatable bonds is 5. The zero-order valence-electron chi connectivity index (χ0n) is 20.5. The third-order valence-electron chi connectivity index (χ3n) is 6.92. The number of nitrogens with one attached hydrogen (secondary N) is 1. The Morgan fingerprint density at radius 1 is 0.737 bits per heavy atom. The lowest BCUT2D eigenvalue weighted by atomic mass is 10.0. The summed E-state index contributed by atoms with van der Waals surface area (Å²) in [7, 11) is 0. The second kappa shape index (κ2) is 9.10. The van der Waals surface area contributed by atoms with E-state index in [0.717, 1.165) is 50.1 Å². The van der Waals surface area contributed by atoms with Crippen molar-refractivity contribution in [1.29, 1.82) is 0 Å². The summed E-state index contributed by atoms with van der Waals surface area (Å²) >= 11 is 0. The van der Waals surface area contributed by atoms with E-state index in [1.54, 1.807) is 12.4 Å². The summed E-state index contributed by atoms with van der Waals surface area (Å²) in [4.78, 5) is 13.7. The fraction of sp³-hybridized carbons (Fsp3) is 0.0312. The van der Waals surface area contributed by atoms with Crippen molar-refractivity contribution >= 4 is 44.0 Å². The summed E-state index contributed by atoms with van der Waals surface area (Å²) in [6.07, 6.45) is 5.35. The Balaban J connectivity index is 1.46. The van der Waals surface area contributed by atoms with Crippen LogP contribution >= 0.6 is 0 Å². The summed E-state index contributed by atoms with van der Waals surface area (Å²) in [5, 5.41) is 8.16. The highest BCUT2D eigenvalue weighted by molar-refractivity contribution is 6.13. The average molecular weight is 493 g/mol. The molecule has 7 rings (SSSR count). The summed E-state index contributed by atoms with van der Waals surface area (Å²) in [5.41, 5.74) is 12.3. The highest BCUT2D eigenvalue weighted by atomic mass is 15.1. The predicted octanol–water partition coefficient (Wildman–Crippen LogP) is 6.99. The maximum Gasteiger partial charge on any atom is 0.163 e. The Labute approximate surface area is 219 Å². The Kier molecular flexibility index (Phi) is 5.31. The van der Waals surface area contributed by atoms with Crippen LogP contribution in [0.2, 0.25) is 0 Å². The number of benzene rings is 4. The molecular formula is C32H24N6. The van der Waals surface area contributed by atoms with Gasteiger partial charge in [0.15, 0.2) is 5.82 Å². The number of hydrogen-bond acceptors (Lipinski definition) is 5. The van der Waals surface area contributed by atoms with Crippen LogP contribution in [0.5, 0.6) is 0 Å². The first-order chi connectivity index (χ1) is 18.8. The quantitative estimate of drug-likeness (QED) is 0.271. The van der Waals surface area contributed by atoms with Gasteiger partial charge >= 0.3 is 0 Å². The van der Waals surface area contributed by atoms with Gasteiger partial charge < -0.3 is 11.1 Å². The van der Waals surface area contributed by atoms with Crippen LogP contribution in [0.15, 0.2) is 116 Å². The summed E-state index contributed by atoms with van der Waals surface area (Å²) in [6, 6.07) is 33.3. The Bertz CT molecular complexity index is 1930. The molecule has 38 heavy (non-hydrogen) atoms. The van der Waals surface area contributed by atoms with Crippen molar-refractivity contribution in [2.45, 2.75) is 6.54 Å². The highest BCUT2D eigenvalue weighted by Gasteiger charge is 2.16. The van der Waals surface area contributed by atoms with Crippen molar-refractivity contribution in [3.05, 3.63) is 121 Å². The van der Waals surface area contributed by atoms with Gasteiger partial charge in [-0.1, -0.05) is 36.4 Å². The van der Waals surface area contributed by atoms with Gasteiger partial charge in [-0.3, -0.25) is 9.55 Å². The Hall–Kier alpha value is -5.07. The van der Waals surface area contributed by atoms with Gasteiger partial charge in [-0.05, 0) is 77.0 Å². The summed E-state index contributed by atoms with van der Waals surface area (Å²) in [5.74, 6) is 1.45. The van der Waals surface area contributed by atoms with E-state index < -0.39 is 0 Å². The molecule has 0 aliphatic heterocycles. The second-order valence-electron chi connectivity index (χ2n) is 9.25. The third kappa shape index (κ3) is 3.75.